The van der Waals surface area contributed by atoms with E-state index >= 15 is 0 Å². The maximum atomic E-state index is 12.3. The van der Waals surface area contributed by atoms with Gasteiger partial charge in [0.25, 0.3) is 0 Å². The molecule has 0 heterocycles. The molecule has 0 spiro atoms. The molecular formula is C20H36O8Sn. The van der Waals surface area contributed by atoms with E-state index in [9.17, 15) is 19.2 Å². The van der Waals surface area contributed by atoms with Gasteiger partial charge in [-0.25, -0.2) is 0 Å². The van der Waals surface area contributed by atoms with Gasteiger partial charge in [0.1, 0.15) is 0 Å². The second kappa shape index (κ2) is 13.1. The van der Waals surface area contributed by atoms with Gasteiger partial charge in [-0.1, -0.05) is 0 Å². The molecular weight excluding hydrogens is 487 g/mol. The van der Waals surface area contributed by atoms with E-state index < -0.39 is 43.9 Å². The SMILES string of the molecule is CC(C)CC(=O)[O][Sn]([O]C(=O)CC(C)C)([O]C(=O)CC(C)C)[O]C(=O)CC(C)C. The van der Waals surface area contributed by atoms with E-state index in [1.165, 1.54) is 0 Å². The van der Waals surface area contributed by atoms with Crippen LogP contribution in [0.1, 0.15) is 81.1 Å². The minimum absolute atomic E-state index is 0.00383. The summed E-state index contributed by atoms with van der Waals surface area (Å²) in [6.07, 6.45) is 0.0153. The van der Waals surface area contributed by atoms with Gasteiger partial charge in [-0.3, -0.25) is 0 Å². The van der Waals surface area contributed by atoms with Gasteiger partial charge < -0.3 is 0 Å². The standard InChI is InChI=1S/4C5H10O2.Sn/c4*1-4(2)3-5(6)7;/h4*4H,3H2,1-2H3,(H,6,7);/q;;;;+4/p-4. The molecule has 0 saturated carbocycles. The summed E-state index contributed by atoms with van der Waals surface area (Å²) in [6.45, 7) is 14.4. The Kier molecular flexibility index (Phi) is 12.5. The van der Waals surface area contributed by atoms with E-state index in [0.717, 1.165) is 0 Å². The Morgan fingerprint density at radius 2 is 0.655 bits per heavy atom. The molecule has 168 valence electrons. The van der Waals surface area contributed by atoms with E-state index in [-0.39, 0.29) is 49.4 Å². The minimum atomic E-state index is -5.66. The third-order valence-electron chi connectivity index (χ3n) is 3.26. The first-order chi connectivity index (χ1) is 13.2. The van der Waals surface area contributed by atoms with Crippen LogP contribution in [0.25, 0.3) is 0 Å². The summed E-state index contributed by atoms with van der Waals surface area (Å²) >= 11 is -5.66. The first kappa shape index (κ1) is 27.7. The van der Waals surface area contributed by atoms with Gasteiger partial charge in [0.05, 0.1) is 0 Å². The van der Waals surface area contributed by atoms with E-state index in [1.807, 2.05) is 0 Å². The summed E-state index contributed by atoms with van der Waals surface area (Å²) < 4.78 is 21.4. The van der Waals surface area contributed by atoms with Crippen molar-refractivity contribution in [2.45, 2.75) is 81.1 Å². The van der Waals surface area contributed by atoms with Crippen LogP contribution < -0.4 is 0 Å². The fourth-order valence-corrected chi connectivity index (χ4v) is 7.03. The van der Waals surface area contributed by atoms with Crippen molar-refractivity contribution in [3.8, 4) is 0 Å². The predicted molar refractivity (Wildman–Crippen MR) is 108 cm³/mol. The molecule has 0 aromatic heterocycles. The van der Waals surface area contributed by atoms with Gasteiger partial charge in [-0.15, -0.1) is 0 Å². The Bertz CT molecular complexity index is 467. The molecule has 0 radical (unpaired) electrons. The molecule has 0 atom stereocenters. The molecule has 0 bridgehead atoms. The zero-order valence-electron chi connectivity index (χ0n) is 18.9. The van der Waals surface area contributed by atoms with Crippen molar-refractivity contribution in [2.24, 2.45) is 23.7 Å². The molecule has 29 heavy (non-hydrogen) atoms. The average Bonchev–Trinajstić information content (AvgIpc) is 2.41. The number of hydrogen-bond donors (Lipinski definition) is 0. The number of carbonyl (C=O) groups is 4. The van der Waals surface area contributed by atoms with Gasteiger partial charge in [0.15, 0.2) is 0 Å². The fourth-order valence-electron chi connectivity index (χ4n) is 2.18. The quantitative estimate of drug-likeness (QED) is 0.356. The fraction of sp³-hybridized carbons (Fsp3) is 0.800. The van der Waals surface area contributed by atoms with Crippen LogP contribution in [0.5, 0.6) is 0 Å². The van der Waals surface area contributed by atoms with Crippen molar-refractivity contribution in [3.63, 3.8) is 0 Å². The van der Waals surface area contributed by atoms with Crippen molar-refractivity contribution in [2.75, 3.05) is 0 Å². The van der Waals surface area contributed by atoms with Crippen LogP contribution in [-0.2, 0) is 31.5 Å². The van der Waals surface area contributed by atoms with Crippen molar-refractivity contribution in [1.82, 2.24) is 0 Å². The second-order valence-corrected chi connectivity index (χ2v) is 14.0. The van der Waals surface area contributed by atoms with E-state index in [2.05, 4.69) is 0 Å². The van der Waals surface area contributed by atoms with Gasteiger partial charge in [-0.2, -0.15) is 0 Å². The summed E-state index contributed by atoms with van der Waals surface area (Å²) in [5.41, 5.74) is 0. The number of hydrogen-bond acceptors (Lipinski definition) is 8. The van der Waals surface area contributed by atoms with Crippen LogP contribution in [0.2, 0.25) is 0 Å². The molecule has 0 rings (SSSR count). The van der Waals surface area contributed by atoms with Crippen molar-refractivity contribution in [1.29, 1.82) is 0 Å². The molecule has 0 aliphatic heterocycles. The maximum absolute atomic E-state index is 12.3. The number of carbonyl (C=O) groups excluding carboxylic acids is 4. The van der Waals surface area contributed by atoms with Crippen LogP contribution in [-0.4, -0.2) is 43.9 Å². The van der Waals surface area contributed by atoms with Gasteiger partial charge >= 0.3 is 180 Å². The van der Waals surface area contributed by atoms with Crippen LogP contribution >= 0.6 is 0 Å². The van der Waals surface area contributed by atoms with E-state index in [1.54, 1.807) is 55.4 Å². The molecule has 0 amide bonds. The topological polar surface area (TPSA) is 105 Å². The molecule has 0 aromatic carbocycles. The van der Waals surface area contributed by atoms with Crippen molar-refractivity contribution in [3.05, 3.63) is 0 Å². The second-order valence-electron chi connectivity index (χ2n) is 8.79. The van der Waals surface area contributed by atoms with Crippen LogP contribution in [0, 0.1) is 23.7 Å². The van der Waals surface area contributed by atoms with E-state index in [4.69, 9.17) is 12.3 Å². The number of rotatable bonds is 12. The Hall–Kier alpha value is -1.32. The first-order valence-electron chi connectivity index (χ1n) is 10.1. The molecule has 8 nitrogen and oxygen atoms in total. The average molecular weight is 523 g/mol. The molecule has 0 aromatic rings. The third-order valence-corrected chi connectivity index (χ3v) is 8.71. The Labute approximate surface area is 180 Å². The summed E-state index contributed by atoms with van der Waals surface area (Å²) in [6, 6.07) is 0. The van der Waals surface area contributed by atoms with Crippen LogP contribution in [0.3, 0.4) is 0 Å². The third kappa shape index (κ3) is 13.5. The molecule has 0 fully saturated rings. The monoisotopic (exact) mass is 524 g/mol. The zero-order chi connectivity index (χ0) is 22.8. The molecule has 0 N–H and O–H groups in total. The summed E-state index contributed by atoms with van der Waals surface area (Å²) in [5.74, 6) is -3.12. The first-order valence-corrected chi connectivity index (χ1v) is 14.8. The Balaban J connectivity index is 5.84. The van der Waals surface area contributed by atoms with E-state index in [0.29, 0.717) is 0 Å². The zero-order valence-corrected chi connectivity index (χ0v) is 21.8. The summed E-state index contributed by atoms with van der Waals surface area (Å²) in [7, 11) is 0. The molecule has 0 aliphatic rings. The Morgan fingerprint density at radius 1 is 0.483 bits per heavy atom. The summed E-state index contributed by atoms with van der Waals surface area (Å²) in [4.78, 5) is 49.3. The van der Waals surface area contributed by atoms with Gasteiger partial charge in [0, 0.05) is 0 Å². The van der Waals surface area contributed by atoms with Crippen LogP contribution in [0.15, 0.2) is 0 Å². The Morgan fingerprint density at radius 3 is 0.793 bits per heavy atom. The van der Waals surface area contributed by atoms with Crippen molar-refractivity contribution >= 4 is 43.9 Å². The van der Waals surface area contributed by atoms with Crippen molar-refractivity contribution < 1.29 is 31.5 Å². The molecule has 0 saturated heterocycles. The predicted octanol–water partition coefficient (Wildman–Crippen LogP) is 3.78. The molecule has 9 heteroatoms. The normalized spacial score (nSPS) is 11.7. The summed E-state index contributed by atoms with van der Waals surface area (Å²) in [5, 5.41) is 0. The van der Waals surface area contributed by atoms with Crippen LogP contribution in [0.4, 0.5) is 0 Å². The van der Waals surface area contributed by atoms with Gasteiger partial charge in [0.2, 0.25) is 0 Å². The van der Waals surface area contributed by atoms with Gasteiger partial charge in [-0.05, 0) is 0 Å². The molecule has 0 aliphatic carbocycles. The molecule has 0 unspecified atom stereocenters.